The van der Waals surface area contributed by atoms with Crippen molar-refractivity contribution in [3.8, 4) is 22.5 Å². The first-order valence-electron chi connectivity index (χ1n) is 10.8. The highest BCUT2D eigenvalue weighted by Crippen LogP contribution is 2.32. The minimum Gasteiger partial charge on any atom is -0.324 e. The molecule has 0 saturated heterocycles. The van der Waals surface area contributed by atoms with E-state index in [1.54, 1.807) is 0 Å². The maximum Gasteiger partial charge on any atom is 0.141 e. The van der Waals surface area contributed by atoms with Crippen LogP contribution in [0.25, 0.3) is 55.1 Å². The van der Waals surface area contributed by atoms with Crippen LogP contribution in [0.2, 0.25) is 0 Å². The lowest BCUT2D eigenvalue weighted by Gasteiger charge is -2.08. The molecule has 2 nitrogen and oxygen atoms in total. The van der Waals surface area contributed by atoms with Crippen molar-refractivity contribution in [2.45, 2.75) is 13.5 Å². The zero-order valence-electron chi connectivity index (χ0n) is 17.4. The Hall–Kier alpha value is -3.91. The third kappa shape index (κ3) is 2.91. The van der Waals surface area contributed by atoms with Crippen LogP contribution in [0.1, 0.15) is 6.92 Å². The van der Waals surface area contributed by atoms with Crippen LogP contribution >= 0.6 is 0 Å². The van der Waals surface area contributed by atoms with Gasteiger partial charge in [0.15, 0.2) is 0 Å². The zero-order chi connectivity index (χ0) is 20.8. The van der Waals surface area contributed by atoms with Crippen LogP contribution in [0.4, 0.5) is 0 Å². The van der Waals surface area contributed by atoms with Crippen LogP contribution in [0.3, 0.4) is 0 Å². The molecule has 0 spiro atoms. The molecule has 0 bridgehead atoms. The minimum absolute atomic E-state index is 0.891. The highest BCUT2D eigenvalue weighted by atomic mass is 15.1. The number of fused-ring (bicyclic) bond motifs is 4. The third-order valence-corrected chi connectivity index (χ3v) is 6.18. The molecule has 0 atom stereocenters. The average Bonchev–Trinajstić information content (AvgIpc) is 3.22. The van der Waals surface area contributed by atoms with E-state index in [4.69, 9.17) is 4.98 Å². The second kappa shape index (κ2) is 7.10. The summed E-state index contributed by atoms with van der Waals surface area (Å²) in [6.07, 6.45) is 0. The van der Waals surface area contributed by atoms with Gasteiger partial charge in [0.25, 0.3) is 0 Å². The molecule has 0 aliphatic carbocycles. The first kappa shape index (κ1) is 17.9. The summed E-state index contributed by atoms with van der Waals surface area (Å²) >= 11 is 0. The lowest BCUT2D eigenvalue weighted by atomic mass is 9.97. The van der Waals surface area contributed by atoms with Crippen LogP contribution in [0.5, 0.6) is 0 Å². The van der Waals surface area contributed by atoms with Crippen molar-refractivity contribution < 1.29 is 0 Å². The number of aryl methyl sites for hydroxylation is 1. The number of hydrogen-bond acceptors (Lipinski definition) is 1. The van der Waals surface area contributed by atoms with Gasteiger partial charge in [0, 0.05) is 12.1 Å². The SMILES string of the molecule is CCn1c(-c2ccccc2)nc2cc(-c3ccc4ccc5ccccc5c4c3)ccc21. The molecule has 0 fully saturated rings. The van der Waals surface area contributed by atoms with Crippen LogP contribution in [-0.2, 0) is 6.54 Å². The number of rotatable bonds is 3. The molecule has 0 aliphatic rings. The maximum atomic E-state index is 5.02. The van der Waals surface area contributed by atoms with E-state index < -0.39 is 0 Å². The van der Waals surface area contributed by atoms with Gasteiger partial charge in [-0.1, -0.05) is 84.9 Å². The molecule has 5 aromatic carbocycles. The van der Waals surface area contributed by atoms with Gasteiger partial charge in [0.1, 0.15) is 5.82 Å². The summed E-state index contributed by atoms with van der Waals surface area (Å²) in [7, 11) is 0. The van der Waals surface area contributed by atoms with Crippen LogP contribution in [-0.4, -0.2) is 9.55 Å². The van der Waals surface area contributed by atoms with E-state index in [-0.39, 0.29) is 0 Å². The van der Waals surface area contributed by atoms with Crippen molar-refractivity contribution in [1.29, 1.82) is 0 Å². The van der Waals surface area contributed by atoms with E-state index in [0.717, 1.165) is 23.4 Å². The molecule has 2 heteroatoms. The van der Waals surface area contributed by atoms with Gasteiger partial charge in [-0.05, 0) is 57.8 Å². The van der Waals surface area contributed by atoms with Crippen LogP contribution < -0.4 is 0 Å². The second-order valence-corrected chi connectivity index (χ2v) is 7.97. The maximum absolute atomic E-state index is 5.02. The standard InChI is InChI=1S/C29H22N2/c1-2-31-28-17-16-24(19-27(28)30-29(31)22-9-4-3-5-10-22)23-15-14-21-13-12-20-8-6-7-11-25(20)26(21)18-23/h3-19H,2H2,1H3. The first-order valence-corrected chi connectivity index (χ1v) is 10.8. The van der Waals surface area contributed by atoms with Gasteiger partial charge in [0.05, 0.1) is 11.0 Å². The van der Waals surface area contributed by atoms with E-state index in [2.05, 4.69) is 109 Å². The zero-order valence-corrected chi connectivity index (χ0v) is 17.4. The van der Waals surface area contributed by atoms with Gasteiger partial charge in [-0.2, -0.15) is 0 Å². The Labute approximate surface area is 181 Å². The Morgan fingerprint density at radius 3 is 2.13 bits per heavy atom. The van der Waals surface area contributed by atoms with Crippen molar-refractivity contribution in [3.63, 3.8) is 0 Å². The summed E-state index contributed by atoms with van der Waals surface area (Å²) in [6.45, 7) is 3.07. The fourth-order valence-corrected chi connectivity index (χ4v) is 4.62. The van der Waals surface area contributed by atoms with Crippen LogP contribution in [0.15, 0.2) is 103 Å². The molecule has 0 radical (unpaired) electrons. The second-order valence-electron chi connectivity index (χ2n) is 7.97. The molecular weight excluding hydrogens is 376 g/mol. The summed E-state index contributed by atoms with van der Waals surface area (Å²) in [6, 6.07) is 36.8. The Kier molecular flexibility index (Phi) is 4.10. The molecule has 1 heterocycles. The summed E-state index contributed by atoms with van der Waals surface area (Å²) in [4.78, 5) is 5.02. The van der Waals surface area contributed by atoms with Gasteiger partial charge >= 0.3 is 0 Å². The minimum atomic E-state index is 0.891. The Morgan fingerprint density at radius 1 is 0.613 bits per heavy atom. The first-order chi connectivity index (χ1) is 15.3. The molecule has 0 N–H and O–H groups in total. The lowest BCUT2D eigenvalue weighted by Crippen LogP contribution is -1.97. The molecule has 0 amide bonds. The number of imidazole rings is 1. The largest absolute Gasteiger partial charge is 0.324 e. The Bertz CT molecular complexity index is 1560. The van der Waals surface area contributed by atoms with E-state index in [0.29, 0.717) is 0 Å². The summed E-state index contributed by atoms with van der Waals surface area (Å²) in [5, 5.41) is 5.13. The van der Waals surface area contributed by atoms with Gasteiger partial charge in [-0.25, -0.2) is 4.98 Å². The predicted octanol–water partition coefficient (Wildman–Crippen LogP) is 7.70. The van der Waals surface area contributed by atoms with E-state index in [9.17, 15) is 0 Å². The molecule has 0 aliphatic heterocycles. The van der Waals surface area contributed by atoms with Crippen molar-refractivity contribution in [3.05, 3.63) is 103 Å². The number of nitrogens with zero attached hydrogens (tertiary/aromatic N) is 2. The normalized spacial score (nSPS) is 11.5. The summed E-state index contributed by atoms with van der Waals surface area (Å²) < 4.78 is 2.29. The Balaban J connectivity index is 1.53. The van der Waals surface area contributed by atoms with Gasteiger partial charge in [-0.3, -0.25) is 0 Å². The number of benzene rings is 5. The average molecular weight is 399 g/mol. The fourth-order valence-electron chi connectivity index (χ4n) is 4.62. The molecule has 31 heavy (non-hydrogen) atoms. The van der Waals surface area contributed by atoms with E-state index >= 15 is 0 Å². The predicted molar refractivity (Wildman–Crippen MR) is 131 cm³/mol. The lowest BCUT2D eigenvalue weighted by molar-refractivity contribution is 0.796. The molecule has 6 rings (SSSR count). The van der Waals surface area contributed by atoms with Crippen molar-refractivity contribution >= 4 is 32.6 Å². The van der Waals surface area contributed by atoms with Crippen LogP contribution in [0, 0.1) is 0 Å². The highest BCUT2D eigenvalue weighted by Gasteiger charge is 2.12. The van der Waals surface area contributed by atoms with E-state index in [1.165, 1.54) is 38.2 Å². The molecule has 148 valence electrons. The molecular formula is C29H22N2. The monoisotopic (exact) mass is 398 g/mol. The van der Waals surface area contributed by atoms with Gasteiger partial charge in [0.2, 0.25) is 0 Å². The highest BCUT2D eigenvalue weighted by molar-refractivity contribution is 6.08. The van der Waals surface area contributed by atoms with Crippen molar-refractivity contribution in [2.24, 2.45) is 0 Å². The number of hydrogen-bond donors (Lipinski definition) is 0. The molecule has 0 unspecified atom stereocenters. The van der Waals surface area contributed by atoms with Crippen molar-refractivity contribution in [1.82, 2.24) is 9.55 Å². The fraction of sp³-hybridized carbons (Fsp3) is 0.0690. The smallest absolute Gasteiger partial charge is 0.141 e. The summed E-state index contributed by atoms with van der Waals surface area (Å²) in [5.41, 5.74) is 5.78. The quantitative estimate of drug-likeness (QED) is 0.279. The van der Waals surface area contributed by atoms with E-state index in [1.807, 2.05) is 6.07 Å². The van der Waals surface area contributed by atoms with Crippen molar-refractivity contribution in [2.75, 3.05) is 0 Å². The Morgan fingerprint density at radius 2 is 1.29 bits per heavy atom. The van der Waals surface area contributed by atoms with Gasteiger partial charge < -0.3 is 4.57 Å². The van der Waals surface area contributed by atoms with Gasteiger partial charge in [-0.15, -0.1) is 0 Å². The summed E-state index contributed by atoms with van der Waals surface area (Å²) in [5.74, 6) is 1.03. The topological polar surface area (TPSA) is 17.8 Å². The third-order valence-electron chi connectivity index (χ3n) is 6.18. The molecule has 1 aromatic heterocycles. The molecule has 6 aromatic rings. The molecule has 0 saturated carbocycles. The number of aromatic nitrogens is 2.